The molecule has 52 heavy (non-hydrogen) atoms. The predicted molar refractivity (Wildman–Crippen MR) is 216 cm³/mol. The fourth-order valence-electron chi connectivity index (χ4n) is 12.6. The van der Waals surface area contributed by atoms with Crippen LogP contribution in [0.4, 0.5) is 0 Å². The van der Waals surface area contributed by atoms with Crippen LogP contribution in [0.25, 0.3) is 0 Å². The van der Waals surface area contributed by atoms with Gasteiger partial charge in [-0.15, -0.1) is 0 Å². The van der Waals surface area contributed by atoms with Crippen LogP contribution in [0.3, 0.4) is 0 Å². The van der Waals surface area contributed by atoms with Crippen LogP contribution in [-0.4, -0.2) is 19.9 Å². The molecule has 4 spiro atoms. The van der Waals surface area contributed by atoms with Crippen molar-refractivity contribution in [2.45, 2.75) is 201 Å². The minimum absolute atomic E-state index is 0.00428. The summed E-state index contributed by atoms with van der Waals surface area (Å²) in [6, 6.07) is 20.4. The van der Waals surface area contributed by atoms with Gasteiger partial charge in [0.25, 0.3) is 0 Å². The number of H-pyrrole nitrogens is 4. The van der Waals surface area contributed by atoms with Gasteiger partial charge in [0.2, 0.25) is 0 Å². The van der Waals surface area contributed by atoms with Crippen LogP contribution in [0.2, 0.25) is 0 Å². The maximum Gasteiger partial charge on any atom is 0.0503 e. The third-order valence-electron chi connectivity index (χ3n) is 15.7. The molecule has 0 amide bonds. The van der Waals surface area contributed by atoms with Gasteiger partial charge < -0.3 is 19.9 Å². The standard InChI is InChI=1S/C48H68N4/c1-5-13-29-45(30-14-6-1)37-21-23-39(49-37)46(31-15-7-2-8-16-32-46)41-25-27-43(51-41)48(35-19-11-4-12-20-36-48)44-28-26-42(52-44)47(40-24-22-38(45)50-40)33-17-9-3-10-18-34-47/h21-28,49-52H,1-20,29-36H2. The Morgan fingerprint density at radius 2 is 0.346 bits per heavy atom. The van der Waals surface area contributed by atoms with Gasteiger partial charge in [-0.3, -0.25) is 0 Å². The molecule has 280 valence electrons. The molecule has 4 heteroatoms. The molecule has 9 rings (SSSR count). The van der Waals surface area contributed by atoms with E-state index in [1.54, 1.807) is 0 Å². The number of aromatic nitrogens is 4. The van der Waals surface area contributed by atoms with Gasteiger partial charge in [-0.1, -0.05) is 128 Å². The molecule has 4 fully saturated rings. The smallest absolute Gasteiger partial charge is 0.0503 e. The highest BCUT2D eigenvalue weighted by atomic mass is 14.9. The van der Waals surface area contributed by atoms with Crippen LogP contribution < -0.4 is 0 Å². The Bertz CT molecular complexity index is 1390. The lowest BCUT2D eigenvalue weighted by atomic mass is 9.71. The molecule has 4 aliphatic carbocycles. The second-order valence-electron chi connectivity index (χ2n) is 18.5. The van der Waals surface area contributed by atoms with Crippen LogP contribution in [0, 0.1) is 0 Å². The van der Waals surface area contributed by atoms with E-state index >= 15 is 0 Å². The third kappa shape index (κ3) is 6.01. The average molecular weight is 701 g/mol. The van der Waals surface area contributed by atoms with Crippen molar-refractivity contribution in [1.82, 2.24) is 19.9 Å². The summed E-state index contributed by atoms with van der Waals surface area (Å²) in [6.45, 7) is 0. The van der Waals surface area contributed by atoms with Gasteiger partial charge in [0, 0.05) is 45.6 Å². The van der Waals surface area contributed by atoms with E-state index in [0.717, 1.165) is 0 Å². The molecule has 4 saturated carbocycles. The number of nitrogens with one attached hydrogen (secondary N) is 4. The Hall–Kier alpha value is -2.88. The lowest BCUT2D eigenvalue weighted by Crippen LogP contribution is -2.35. The van der Waals surface area contributed by atoms with Crippen molar-refractivity contribution in [3.63, 3.8) is 0 Å². The van der Waals surface area contributed by atoms with Crippen molar-refractivity contribution in [2.24, 2.45) is 0 Å². The maximum absolute atomic E-state index is 4.34. The molecule has 5 aliphatic rings. The SMILES string of the molecule is c1cc2[nH]c1C1(CCCCCCC1)c1ccc([nH]1)C1(CCCCCCC1)c1ccc([nH]1)C1(CCCCCCC1)c1ccc([nH]1)C21CCCCCCC1. The number of hydrogen-bond acceptors (Lipinski definition) is 0. The Morgan fingerprint density at radius 3 is 0.500 bits per heavy atom. The van der Waals surface area contributed by atoms with Crippen LogP contribution >= 0.6 is 0 Å². The molecule has 1 aliphatic heterocycles. The van der Waals surface area contributed by atoms with E-state index in [-0.39, 0.29) is 21.7 Å². The highest BCUT2D eigenvalue weighted by Crippen LogP contribution is 2.51. The van der Waals surface area contributed by atoms with Crippen molar-refractivity contribution < 1.29 is 0 Å². The van der Waals surface area contributed by atoms with E-state index in [0.29, 0.717) is 0 Å². The highest BCUT2D eigenvalue weighted by molar-refractivity contribution is 5.46. The maximum atomic E-state index is 4.34. The van der Waals surface area contributed by atoms with Crippen molar-refractivity contribution in [2.75, 3.05) is 0 Å². The van der Waals surface area contributed by atoms with E-state index in [9.17, 15) is 0 Å². The quantitative estimate of drug-likeness (QED) is 0.141. The van der Waals surface area contributed by atoms with Gasteiger partial charge >= 0.3 is 0 Å². The average Bonchev–Trinajstić information content (AvgIpc) is 3.94. The van der Waals surface area contributed by atoms with Gasteiger partial charge in [0.1, 0.15) is 0 Å². The van der Waals surface area contributed by atoms with Gasteiger partial charge in [-0.25, -0.2) is 0 Å². The summed E-state index contributed by atoms with van der Waals surface area (Å²) in [5.74, 6) is 0. The van der Waals surface area contributed by atoms with Gasteiger partial charge in [0.15, 0.2) is 0 Å². The summed E-state index contributed by atoms with van der Waals surface area (Å²) in [4.78, 5) is 17.4. The minimum atomic E-state index is 0.00428. The summed E-state index contributed by atoms with van der Waals surface area (Å²) in [6.07, 6.45) is 36.7. The summed E-state index contributed by atoms with van der Waals surface area (Å²) < 4.78 is 0. The second-order valence-corrected chi connectivity index (χ2v) is 18.5. The van der Waals surface area contributed by atoms with Crippen molar-refractivity contribution in [3.8, 4) is 0 Å². The molecular formula is C48H68N4. The summed E-state index contributed by atoms with van der Waals surface area (Å²) in [7, 11) is 0. The normalized spacial score (nSPS) is 24.9. The van der Waals surface area contributed by atoms with E-state index < -0.39 is 0 Å². The summed E-state index contributed by atoms with van der Waals surface area (Å²) in [5, 5.41) is 0. The zero-order valence-electron chi connectivity index (χ0n) is 32.4. The molecule has 5 heterocycles. The second kappa shape index (κ2) is 14.7. The Labute approximate surface area is 314 Å². The van der Waals surface area contributed by atoms with E-state index in [2.05, 4.69) is 68.5 Å². The van der Waals surface area contributed by atoms with Crippen LogP contribution in [0.15, 0.2) is 48.5 Å². The summed E-state index contributed by atoms with van der Waals surface area (Å²) in [5.41, 5.74) is 11.8. The molecule has 0 unspecified atom stereocenters. The van der Waals surface area contributed by atoms with Gasteiger partial charge in [-0.05, 0) is 99.9 Å². The fourth-order valence-corrected chi connectivity index (χ4v) is 12.6. The highest BCUT2D eigenvalue weighted by Gasteiger charge is 2.46. The third-order valence-corrected chi connectivity index (χ3v) is 15.7. The molecule has 4 aromatic heterocycles. The van der Waals surface area contributed by atoms with Crippen LogP contribution in [0.5, 0.6) is 0 Å². The number of aromatic amines is 4. The van der Waals surface area contributed by atoms with Crippen molar-refractivity contribution in [1.29, 1.82) is 0 Å². The van der Waals surface area contributed by atoms with Gasteiger partial charge in [-0.2, -0.15) is 0 Å². The molecular weight excluding hydrogens is 633 g/mol. The first-order chi connectivity index (χ1) is 25.7. The number of rotatable bonds is 0. The topological polar surface area (TPSA) is 63.2 Å². The molecule has 0 aromatic carbocycles. The first-order valence-corrected chi connectivity index (χ1v) is 22.5. The first kappa shape index (κ1) is 34.9. The zero-order valence-corrected chi connectivity index (χ0v) is 32.4. The van der Waals surface area contributed by atoms with E-state index in [4.69, 9.17) is 0 Å². The first-order valence-electron chi connectivity index (χ1n) is 22.5. The predicted octanol–water partition coefficient (Wildman–Crippen LogP) is 13.4. The molecule has 4 N–H and O–H groups in total. The molecule has 4 nitrogen and oxygen atoms in total. The lowest BCUT2D eigenvalue weighted by Gasteiger charge is -2.39. The Morgan fingerprint density at radius 1 is 0.212 bits per heavy atom. The zero-order chi connectivity index (χ0) is 34.9. The van der Waals surface area contributed by atoms with E-state index in [1.807, 2.05) is 0 Å². The van der Waals surface area contributed by atoms with Gasteiger partial charge in [0.05, 0.1) is 21.7 Å². The Balaban J connectivity index is 1.29. The van der Waals surface area contributed by atoms with E-state index in [1.165, 1.54) is 225 Å². The van der Waals surface area contributed by atoms with Crippen molar-refractivity contribution >= 4 is 0 Å². The molecule has 0 atom stereocenters. The Kier molecular flexibility index (Phi) is 9.89. The van der Waals surface area contributed by atoms with Crippen LogP contribution in [0.1, 0.15) is 225 Å². The molecule has 0 saturated heterocycles. The number of hydrogen-bond donors (Lipinski definition) is 4. The fraction of sp³-hybridized carbons (Fsp3) is 0.667. The molecule has 0 radical (unpaired) electrons. The minimum Gasteiger partial charge on any atom is -0.361 e. The summed E-state index contributed by atoms with van der Waals surface area (Å²) >= 11 is 0. The number of fused-ring (bicyclic) bond motifs is 16. The molecule has 8 bridgehead atoms. The van der Waals surface area contributed by atoms with Crippen LogP contribution in [-0.2, 0) is 21.7 Å². The largest absolute Gasteiger partial charge is 0.361 e. The monoisotopic (exact) mass is 701 g/mol. The van der Waals surface area contributed by atoms with Crippen molar-refractivity contribution in [3.05, 3.63) is 94.1 Å². The molecule has 4 aromatic rings. The lowest BCUT2D eigenvalue weighted by molar-refractivity contribution is 0.329.